The molecule has 0 saturated heterocycles. The minimum Gasteiger partial charge on any atom is -0.393 e. The maximum atomic E-state index is 9.48. The predicted octanol–water partition coefficient (Wildman–Crippen LogP) is 1.19. The van der Waals surface area contributed by atoms with E-state index in [4.69, 9.17) is 5.11 Å². The van der Waals surface area contributed by atoms with Gasteiger partial charge in [-0.2, -0.15) is 0 Å². The largest absolute Gasteiger partial charge is 0.393 e. The summed E-state index contributed by atoms with van der Waals surface area (Å²) in [6.45, 7) is 5.74. The molecule has 0 aromatic carbocycles. The van der Waals surface area contributed by atoms with Crippen molar-refractivity contribution in [2.45, 2.75) is 39.2 Å². The first-order valence-corrected chi connectivity index (χ1v) is 5.25. The third kappa shape index (κ3) is 2.97. The molecule has 0 spiro atoms. The lowest BCUT2D eigenvalue weighted by Crippen LogP contribution is -2.11. The Morgan fingerprint density at radius 2 is 2.00 bits per heavy atom. The summed E-state index contributed by atoms with van der Waals surface area (Å²) in [5.74, 6) is 0.614. The van der Waals surface area contributed by atoms with Gasteiger partial charge in [-0.3, -0.25) is 0 Å². The number of hydrogen-bond donors (Lipinski definition) is 2. The Morgan fingerprint density at radius 3 is 2.47 bits per heavy atom. The van der Waals surface area contributed by atoms with E-state index in [0.29, 0.717) is 11.7 Å². The van der Waals surface area contributed by atoms with Gasteiger partial charge in [-0.25, -0.2) is 9.97 Å². The first-order chi connectivity index (χ1) is 7.08. The summed E-state index contributed by atoms with van der Waals surface area (Å²) < 4.78 is 0. The molecule has 15 heavy (non-hydrogen) atoms. The minimum atomic E-state index is -0.978. The van der Waals surface area contributed by atoms with Crippen LogP contribution in [-0.2, 0) is 6.42 Å². The Kier molecular flexibility index (Phi) is 4.17. The molecule has 2 N–H and O–H groups in total. The Bertz CT molecular complexity index is 326. The summed E-state index contributed by atoms with van der Waals surface area (Å²) in [7, 11) is 0. The minimum absolute atomic E-state index is 0.294. The number of hydrogen-bond acceptors (Lipinski definition) is 4. The average Bonchev–Trinajstić information content (AvgIpc) is 2.27. The van der Waals surface area contributed by atoms with Crippen molar-refractivity contribution in [1.82, 2.24) is 9.97 Å². The van der Waals surface area contributed by atoms with Crippen molar-refractivity contribution in [3.8, 4) is 0 Å². The first-order valence-electron chi connectivity index (χ1n) is 5.25. The molecule has 0 radical (unpaired) electrons. The number of aromatic nitrogens is 2. The third-order valence-electron chi connectivity index (χ3n) is 2.24. The molecule has 84 valence electrons. The van der Waals surface area contributed by atoms with Crippen LogP contribution in [0.15, 0.2) is 6.07 Å². The zero-order chi connectivity index (χ0) is 11.4. The van der Waals surface area contributed by atoms with Crippen molar-refractivity contribution in [1.29, 1.82) is 0 Å². The molecular weight excluding hydrogens is 192 g/mol. The van der Waals surface area contributed by atoms with Crippen LogP contribution in [0.5, 0.6) is 0 Å². The standard InChI is InChI=1S/C11H18N2O2/c1-4-8-5-9(7(2)3)13-11(12-8)10(15)6-14/h5,7,10,14-15H,4,6H2,1-3H3/t10-/m0/s1. The van der Waals surface area contributed by atoms with Crippen LogP contribution in [0.2, 0.25) is 0 Å². The molecule has 0 unspecified atom stereocenters. The SMILES string of the molecule is CCc1cc(C(C)C)nc([C@@H](O)CO)n1. The lowest BCUT2D eigenvalue weighted by atomic mass is 10.1. The van der Waals surface area contributed by atoms with E-state index < -0.39 is 6.10 Å². The molecule has 0 bridgehead atoms. The van der Waals surface area contributed by atoms with Gasteiger partial charge in [0, 0.05) is 11.4 Å². The molecule has 0 amide bonds. The highest BCUT2D eigenvalue weighted by atomic mass is 16.3. The van der Waals surface area contributed by atoms with Crippen molar-refractivity contribution >= 4 is 0 Å². The van der Waals surface area contributed by atoms with Gasteiger partial charge in [0.1, 0.15) is 6.10 Å². The molecule has 4 heteroatoms. The number of aliphatic hydroxyl groups is 2. The fourth-order valence-electron chi connectivity index (χ4n) is 1.25. The molecule has 0 aliphatic carbocycles. The van der Waals surface area contributed by atoms with E-state index in [-0.39, 0.29) is 6.61 Å². The van der Waals surface area contributed by atoms with Crippen LogP contribution in [0.4, 0.5) is 0 Å². The maximum absolute atomic E-state index is 9.48. The Labute approximate surface area is 90.0 Å². The summed E-state index contributed by atoms with van der Waals surface area (Å²) in [6.07, 6.45) is -0.179. The van der Waals surface area contributed by atoms with Crippen molar-refractivity contribution < 1.29 is 10.2 Å². The highest BCUT2D eigenvalue weighted by molar-refractivity contribution is 5.15. The molecule has 4 nitrogen and oxygen atoms in total. The van der Waals surface area contributed by atoms with Crippen LogP contribution < -0.4 is 0 Å². The molecule has 0 fully saturated rings. The van der Waals surface area contributed by atoms with Crippen molar-refractivity contribution in [3.63, 3.8) is 0 Å². The molecule has 1 heterocycles. The van der Waals surface area contributed by atoms with E-state index in [1.165, 1.54) is 0 Å². The number of aliphatic hydroxyl groups excluding tert-OH is 2. The zero-order valence-electron chi connectivity index (χ0n) is 9.44. The Hall–Kier alpha value is -1.00. The van der Waals surface area contributed by atoms with Crippen LogP contribution in [0.3, 0.4) is 0 Å². The smallest absolute Gasteiger partial charge is 0.159 e. The predicted molar refractivity (Wildman–Crippen MR) is 57.5 cm³/mol. The molecule has 0 aliphatic heterocycles. The van der Waals surface area contributed by atoms with Gasteiger partial charge in [0.15, 0.2) is 5.82 Å². The second-order valence-corrected chi connectivity index (χ2v) is 3.85. The number of aryl methyl sites for hydroxylation is 1. The van der Waals surface area contributed by atoms with Gasteiger partial charge in [-0.05, 0) is 18.4 Å². The van der Waals surface area contributed by atoms with E-state index in [2.05, 4.69) is 9.97 Å². The molecule has 1 rings (SSSR count). The first kappa shape index (κ1) is 12.1. The fraction of sp³-hybridized carbons (Fsp3) is 0.636. The van der Waals surface area contributed by atoms with E-state index in [1.807, 2.05) is 26.8 Å². The maximum Gasteiger partial charge on any atom is 0.159 e. The van der Waals surface area contributed by atoms with Gasteiger partial charge >= 0.3 is 0 Å². The summed E-state index contributed by atoms with van der Waals surface area (Å²) in [6, 6.07) is 1.94. The summed E-state index contributed by atoms with van der Waals surface area (Å²) in [5, 5.41) is 18.3. The molecule has 0 saturated carbocycles. The van der Waals surface area contributed by atoms with Crippen molar-refractivity contribution in [2.75, 3.05) is 6.61 Å². The average molecular weight is 210 g/mol. The second kappa shape index (κ2) is 5.19. The van der Waals surface area contributed by atoms with Gasteiger partial charge in [0.25, 0.3) is 0 Å². The van der Waals surface area contributed by atoms with Crippen LogP contribution in [0.1, 0.15) is 50.0 Å². The summed E-state index contributed by atoms with van der Waals surface area (Å²) in [5.41, 5.74) is 1.81. The van der Waals surface area contributed by atoms with Crippen LogP contribution >= 0.6 is 0 Å². The molecule has 1 aromatic heterocycles. The Morgan fingerprint density at radius 1 is 1.33 bits per heavy atom. The van der Waals surface area contributed by atoms with Crippen molar-refractivity contribution in [2.24, 2.45) is 0 Å². The molecule has 0 aliphatic rings. The normalized spacial score (nSPS) is 13.2. The molecule has 1 aromatic rings. The highest BCUT2D eigenvalue weighted by Crippen LogP contribution is 2.16. The number of nitrogens with zero attached hydrogens (tertiary/aromatic N) is 2. The molecular formula is C11H18N2O2. The summed E-state index contributed by atoms with van der Waals surface area (Å²) in [4.78, 5) is 8.41. The van der Waals surface area contributed by atoms with E-state index in [9.17, 15) is 5.11 Å². The highest BCUT2D eigenvalue weighted by Gasteiger charge is 2.13. The van der Waals surface area contributed by atoms with Gasteiger partial charge in [0.05, 0.1) is 6.61 Å². The van der Waals surface area contributed by atoms with Crippen molar-refractivity contribution in [3.05, 3.63) is 23.3 Å². The lowest BCUT2D eigenvalue weighted by molar-refractivity contribution is 0.0881. The van der Waals surface area contributed by atoms with E-state index in [0.717, 1.165) is 17.8 Å². The van der Waals surface area contributed by atoms with Gasteiger partial charge in [0.2, 0.25) is 0 Å². The van der Waals surface area contributed by atoms with E-state index >= 15 is 0 Å². The quantitative estimate of drug-likeness (QED) is 0.783. The monoisotopic (exact) mass is 210 g/mol. The van der Waals surface area contributed by atoms with Crippen LogP contribution in [0.25, 0.3) is 0 Å². The molecule has 1 atom stereocenters. The lowest BCUT2D eigenvalue weighted by Gasteiger charge is -2.11. The second-order valence-electron chi connectivity index (χ2n) is 3.85. The van der Waals surface area contributed by atoms with Crippen LogP contribution in [0, 0.1) is 0 Å². The summed E-state index contributed by atoms with van der Waals surface area (Å²) >= 11 is 0. The van der Waals surface area contributed by atoms with Crippen LogP contribution in [-0.4, -0.2) is 26.8 Å². The van der Waals surface area contributed by atoms with E-state index in [1.54, 1.807) is 0 Å². The fourth-order valence-corrected chi connectivity index (χ4v) is 1.25. The Balaban J connectivity index is 3.11. The van der Waals surface area contributed by atoms with Gasteiger partial charge < -0.3 is 10.2 Å². The zero-order valence-corrected chi connectivity index (χ0v) is 9.44. The third-order valence-corrected chi connectivity index (χ3v) is 2.24. The number of rotatable bonds is 4. The van der Waals surface area contributed by atoms with Gasteiger partial charge in [-0.15, -0.1) is 0 Å². The van der Waals surface area contributed by atoms with Gasteiger partial charge in [-0.1, -0.05) is 20.8 Å². The topological polar surface area (TPSA) is 66.2 Å².